The number of hydrogen-bond donors (Lipinski definition) is 0. The fourth-order valence-corrected chi connectivity index (χ4v) is 3.29. The van der Waals surface area contributed by atoms with E-state index < -0.39 is 0 Å². The third kappa shape index (κ3) is 4.14. The van der Waals surface area contributed by atoms with Crippen LogP contribution in [0.1, 0.15) is 26.2 Å². The summed E-state index contributed by atoms with van der Waals surface area (Å²) in [6, 6.07) is 7.95. The van der Waals surface area contributed by atoms with Crippen molar-refractivity contribution in [3.63, 3.8) is 0 Å². The van der Waals surface area contributed by atoms with Gasteiger partial charge >= 0.3 is 0 Å². The maximum Gasteiger partial charge on any atom is 0.161 e. The number of likely N-dealkylation sites (N-methyl/N-ethyl adjacent to an activating group) is 1. The van der Waals surface area contributed by atoms with E-state index in [1.165, 1.54) is 38.9 Å². The van der Waals surface area contributed by atoms with Gasteiger partial charge in [-0.25, -0.2) is 0 Å². The van der Waals surface area contributed by atoms with E-state index in [-0.39, 0.29) is 6.10 Å². The van der Waals surface area contributed by atoms with Crippen LogP contribution in [0.3, 0.4) is 0 Å². The SMILES string of the molecule is CCN(CCN1CCCCC1)CC1COc2ccccc2O1. The topological polar surface area (TPSA) is 24.9 Å². The first-order valence-electron chi connectivity index (χ1n) is 8.68. The van der Waals surface area contributed by atoms with Crippen LogP contribution in [0.5, 0.6) is 11.5 Å². The molecule has 1 saturated heterocycles. The molecule has 0 aliphatic carbocycles. The third-order valence-corrected chi connectivity index (χ3v) is 4.66. The minimum atomic E-state index is 0.135. The van der Waals surface area contributed by atoms with Crippen molar-refractivity contribution in [2.75, 3.05) is 45.9 Å². The van der Waals surface area contributed by atoms with Crippen LogP contribution in [0, 0.1) is 0 Å². The van der Waals surface area contributed by atoms with Gasteiger partial charge in [-0.2, -0.15) is 0 Å². The van der Waals surface area contributed by atoms with Crippen LogP contribution in [-0.2, 0) is 0 Å². The van der Waals surface area contributed by atoms with Crippen molar-refractivity contribution < 1.29 is 9.47 Å². The first-order valence-corrected chi connectivity index (χ1v) is 8.68. The van der Waals surface area contributed by atoms with Gasteiger partial charge in [0.15, 0.2) is 11.5 Å². The molecule has 2 heterocycles. The van der Waals surface area contributed by atoms with E-state index in [2.05, 4.69) is 16.7 Å². The van der Waals surface area contributed by atoms with Crippen molar-refractivity contribution >= 4 is 0 Å². The molecule has 1 aromatic rings. The average Bonchev–Trinajstić information content (AvgIpc) is 2.59. The zero-order chi connectivity index (χ0) is 15.2. The van der Waals surface area contributed by atoms with Gasteiger partial charge in [-0.3, -0.25) is 4.90 Å². The number of piperidine rings is 1. The lowest BCUT2D eigenvalue weighted by molar-refractivity contribution is 0.0562. The molecule has 2 aliphatic rings. The second-order valence-corrected chi connectivity index (χ2v) is 6.29. The monoisotopic (exact) mass is 304 g/mol. The molecular weight excluding hydrogens is 276 g/mol. The molecule has 0 spiro atoms. The smallest absolute Gasteiger partial charge is 0.161 e. The Morgan fingerprint density at radius 1 is 1.14 bits per heavy atom. The second-order valence-electron chi connectivity index (χ2n) is 6.29. The molecule has 3 rings (SSSR count). The van der Waals surface area contributed by atoms with Gasteiger partial charge in [0.25, 0.3) is 0 Å². The standard InChI is InChI=1S/C18H28N2O2/c1-2-19(12-13-20-10-6-3-7-11-20)14-16-15-21-17-8-4-5-9-18(17)22-16/h4-5,8-9,16H,2-3,6-7,10-15H2,1H3. The summed E-state index contributed by atoms with van der Waals surface area (Å²) in [5, 5.41) is 0. The first kappa shape index (κ1) is 15.6. The molecule has 122 valence electrons. The Labute approximate surface area is 134 Å². The van der Waals surface area contributed by atoms with Crippen LogP contribution >= 0.6 is 0 Å². The van der Waals surface area contributed by atoms with E-state index >= 15 is 0 Å². The van der Waals surface area contributed by atoms with Gasteiger partial charge < -0.3 is 14.4 Å². The number of ether oxygens (including phenoxy) is 2. The number of rotatable bonds is 6. The number of nitrogens with zero attached hydrogens (tertiary/aromatic N) is 2. The summed E-state index contributed by atoms with van der Waals surface area (Å²) in [7, 11) is 0. The summed E-state index contributed by atoms with van der Waals surface area (Å²) in [5.74, 6) is 1.75. The maximum atomic E-state index is 6.08. The molecule has 2 aliphatic heterocycles. The van der Waals surface area contributed by atoms with E-state index in [4.69, 9.17) is 9.47 Å². The number of fused-ring (bicyclic) bond motifs is 1. The van der Waals surface area contributed by atoms with Crippen molar-refractivity contribution in [1.29, 1.82) is 0 Å². The molecule has 1 fully saturated rings. The van der Waals surface area contributed by atoms with Crippen molar-refractivity contribution in [2.24, 2.45) is 0 Å². The maximum absolute atomic E-state index is 6.08. The normalized spacial score (nSPS) is 22.0. The van der Waals surface area contributed by atoms with Crippen molar-refractivity contribution in [2.45, 2.75) is 32.3 Å². The van der Waals surface area contributed by atoms with E-state index in [1.807, 2.05) is 24.3 Å². The summed E-state index contributed by atoms with van der Waals surface area (Å²) in [6.45, 7) is 9.73. The van der Waals surface area contributed by atoms with Crippen LogP contribution in [0.25, 0.3) is 0 Å². The minimum Gasteiger partial charge on any atom is -0.486 e. The van der Waals surface area contributed by atoms with Gasteiger partial charge in [-0.15, -0.1) is 0 Å². The summed E-state index contributed by atoms with van der Waals surface area (Å²) < 4.78 is 11.9. The molecular formula is C18H28N2O2. The van der Waals surface area contributed by atoms with Crippen LogP contribution in [0.4, 0.5) is 0 Å². The molecule has 4 nitrogen and oxygen atoms in total. The number of benzene rings is 1. The van der Waals surface area contributed by atoms with Crippen molar-refractivity contribution in [1.82, 2.24) is 9.80 Å². The number of hydrogen-bond acceptors (Lipinski definition) is 4. The highest BCUT2D eigenvalue weighted by Gasteiger charge is 2.22. The Kier molecular flexibility index (Phi) is 5.57. The summed E-state index contributed by atoms with van der Waals surface area (Å²) >= 11 is 0. The molecule has 1 aromatic carbocycles. The van der Waals surface area contributed by atoms with Gasteiger partial charge in [0.2, 0.25) is 0 Å². The predicted molar refractivity (Wildman–Crippen MR) is 88.8 cm³/mol. The largest absolute Gasteiger partial charge is 0.486 e. The fourth-order valence-electron chi connectivity index (χ4n) is 3.29. The molecule has 0 amide bonds. The molecule has 0 saturated carbocycles. The summed E-state index contributed by atoms with van der Waals surface area (Å²) in [5.41, 5.74) is 0. The molecule has 0 bridgehead atoms. The van der Waals surface area contributed by atoms with Crippen molar-refractivity contribution in [3.8, 4) is 11.5 Å². The molecule has 0 aromatic heterocycles. The Morgan fingerprint density at radius 2 is 1.91 bits per heavy atom. The van der Waals surface area contributed by atoms with Crippen LogP contribution in [0.2, 0.25) is 0 Å². The highest BCUT2D eigenvalue weighted by Crippen LogP contribution is 2.30. The Hall–Kier alpha value is -1.26. The lowest BCUT2D eigenvalue weighted by Gasteiger charge is -2.33. The molecule has 22 heavy (non-hydrogen) atoms. The molecule has 1 unspecified atom stereocenters. The van der Waals surface area contributed by atoms with Gasteiger partial charge in [0.05, 0.1) is 0 Å². The van der Waals surface area contributed by atoms with Gasteiger partial charge in [-0.1, -0.05) is 25.5 Å². The predicted octanol–water partition coefficient (Wildman–Crippen LogP) is 2.63. The van der Waals surface area contributed by atoms with E-state index in [9.17, 15) is 0 Å². The van der Waals surface area contributed by atoms with E-state index in [0.717, 1.165) is 31.1 Å². The van der Waals surface area contributed by atoms with Gasteiger partial charge in [0.1, 0.15) is 12.7 Å². The van der Waals surface area contributed by atoms with E-state index in [0.29, 0.717) is 6.61 Å². The fraction of sp³-hybridized carbons (Fsp3) is 0.667. The van der Waals surface area contributed by atoms with Crippen LogP contribution in [-0.4, -0.2) is 61.8 Å². The Bertz CT molecular complexity index is 460. The average molecular weight is 304 g/mol. The van der Waals surface area contributed by atoms with E-state index in [1.54, 1.807) is 0 Å². The lowest BCUT2D eigenvalue weighted by Crippen LogP contribution is -2.44. The molecule has 1 atom stereocenters. The zero-order valence-electron chi connectivity index (χ0n) is 13.7. The van der Waals surface area contributed by atoms with Crippen molar-refractivity contribution in [3.05, 3.63) is 24.3 Å². The van der Waals surface area contributed by atoms with Crippen LogP contribution in [0.15, 0.2) is 24.3 Å². The first-order chi connectivity index (χ1) is 10.8. The number of likely N-dealkylation sites (tertiary alicyclic amines) is 1. The lowest BCUT2D eigenvalue weighted by atomic mass is 10.1. The highest BCUT2D eigenvalue weighted by atomic mass is 16.6. The summed E-state index contributed by atoms with van der Waals surface area (Å²) in [6.07, 6.45) is 4.27. The van der Waals surface area contributed by atoms with Gasteiger partial charge in [0, 0.05) is 19.6 Å². The summed E-state index contributed by atoms with van der Waals surface area (Å²) in [4.78, 5) is 5.08. The third-order valence-electron chi connectivity index (χ3n) is 4.66. The second kappa shape index (κ2) is 7.84. The Morgan fingerprint density at radius 3 is 2.68 bits per heavy atom. The quantitative estimate of drug-likeness (QED) is 0.806. The zero-order valence-corrected chi connectivity index (χ0v) is 13.7. The highest BCUT2D eigenvalue weighted by molar-refractivity contribution is 5.40. The minimum absolute atomic E-state index is 0.135. The Balaban J connectivity index is 1.46. The number of para-hydroxylation sites is 2. The molecule has 0 radical (unpaired) electrons. The van der Waals surface area contributed by atoms with Gasteiger partial charge in [-0.05, 0) is 44.6 Å². The molecule has 4 heteroatoms. The molecule has 0 N–H and O–H groups in total. The van der Waals surface area contributed by atoms with Crippen LogP contribution < -0.4 is 9.47 Å².